The largest absolute Gasteiger partial charge is 0.449 e. The molecule has 0 unspecified atom stereocenters. The third-order valence-corrected chi connectivity index (χ3v) is 4.47. The van der Waals surface area contributed by atoms with Crippen molar-refractivity contribution in [1.29, 1.82) is 0 Å². The lowest BCUT2D eigenvalue weighted by Gasteiger charge is -2.36. The lowest BCUT2D eigenvalue weighted by atomic mass is 9.91. The maximum atomic E-state index is 11.9. The Kier molecular flexibility index (Phi) is 6.30. The fourth-order valence-electron chi connectivity index (χ4n) is 3.17. The molecule has 0 bridgehead atoms. The minimum Gasteiger partial charge on any atom is -0.449 e. The molecule has 2 atom stereocenters. The summed E-state index contributed by atoms with van der Waals surface area (Å²) in [5.74, 6) is 0.376. The molecule has 2 rings (SSSR count). The third-order valence-electron chi connectivity index (χ3n) is 4.47. The predicted octanol–water partition coefficient (Wildman–Crippen LogP) is 2.14. The lowest BCUT2D eigenvalue weighted by molar-refractivity contribution is 0.0656. The van der Waals surface area contributed by atoms with Gasteiger partial charge in [-0.15, -0.1) is 0 Å². The van der Waals surface area contributed by atoms with Crippen LogP contribution in [0.25, 0.3) is 0 Å². The maximum Gasteiger partial charge on any atom is 0.409 e. The average molecular weight is 298 g/mol. The van der Waals surface area contributed by atoms with Gasteiger partial charge in [0.25, 0.3) is 0 Å². The molecule has 2 N–H and O–H groups in total. The number of aliphatic hydroxyl groups is 1. The number of hydrogen-bond acceptors (Lipinski definition) is 4. The summed E-state index contributed by atoms with van der Waals surface area (Å²) in [6.07, 6.45) is 5.83. The van der Waals surface area contributed by atoms with Crippen molar-refractivity contribution in [2.45, 2.75) is 70.6 Å². The second-order valence-corrected chi connectivity index (χ2v) is 6.86. The summed E-state index contributed by atoms with van der Waals surface area (Å²) < 4.78 is 5.27. The number of aliphatic hydroxyl groups excluding tert-OH is 1. The number of nitrogens with zero attached hydrogens (tertiary/aromatic N) is 1. The van der Waals surface area contributed by atoms with E-state index in [0.717, 1.165) is 45.2 Å². The van der Waals surface area contributed by atoms with Crippen LogP contribution >= 0.6 is 0 Å². The van der Waals surface area contributed by atoms with Gasteiger partial charge in [-0.2, -0.15) is 0 Å². The Bertz CT molecular complexity index is 327. The van der Waals surface area contributed by atoms with Crippen molar-refractivity contribution < 1.29 is 14.6 Å². The van der Waals surface area contributed by atoms with Crippen molar-refractivity contribution in [1.82, 2.24) is 10.2 Å². The van der Waals surface area contributed by atoms with Crippen molar-refractivity contribution in [2.24, 2.45) is 5.92 Å². The molecule has 5 nitrogen and oxygen atoms in total. The molecule has 1 aliphatic carbocycles. The van der Waals surface area contributed by atoms with Crippen LogP contribution in [-0.4, -0.2) is 54.0 Å². The van der Waals surface area contributed by atoms with Crippen LogP contribution < -0.4 is 5.32 Å². The van der Waals surface area contributed by atoms with E-state index < -0.39 is 0 Å². The molecule has 2 fully saturated rings. The predicted molar refractivity (Wildman–Crippen MR) is 82.2 cm³/mol. The van der Waals surface area contributed by atoms with Gasteiger partial charge in [-0.25, -0.2) is 4.79 Å². The van der Waals surface area contributed by atoms with Gasteiger partial charge in [0.05, 0.1) is 12.7 Å². The number of carbonyl (C=O) groups excluding carboxylic acids is 1. The Hall–Kier alpha value is -0.810. The van der Waals surface area contributed by atoms with Crippen LogP contribution in [0.2, 0.25) is 0 Å². The summed E-state index contributed by atoms with van der Waals surface area (Å²) >= 11 is 0. The molecule has 5 heteroatoms. The monoisotopic (exact) mass is 298 g/mol. The number of carbonyl (C=O) groups is 1. The summed E-state index contributed by atoms with van der Waals surface area (Å²) in [4.78, 5) is 13.7. The van der Waals surface area contributed by atoms with Gasteiger partial charge in [-0.05, 0) is 31.6 Å². The topological polar surface area (TPSA) is 61.8 Å². The molecule has 0 aromatic carbocycles. The van der Waals surface area contributed by atoms with Crippen LogP contribution in [0.5, 0.6) is 0 Å². The average Bonchev–Trinajstić information content (AvgIpc) is 2.48. The van der Waals surface area contributed by atoms with E-state index in [1.165, 1.54) is 6.42 Å². The Morgan fingerprint density at radius 3 is 2.52 bits per heavy atom. The number of piperidine rings is 1. The van der Waals surface area contributed by atoms with E-state index in [1.807, 2.05) is 13.8 Å². The molecule has 0 radical (unpaired) electrons. The summed E-state index contributed by atoms with van der Waals surface area (Å²) in [6, 6.07) is 0.653. The van der Waals surface area contributed by atoms with E-state index in [-0.39, 0.29) is 18.2 Å². The van der Waals surface area contributed by atoms with Crippen molar-refractivity contribution in [2.75, 3.05) is 19.7 Å². The van der Waals surface area contributed by atoms with E-state index in [0.29, 0.717) is 18.6 Å². The van der Waals surface area contributed by atoms with Gasteiger partial charge in [0, 0.05) is 25.2 Å². The van der Waals surface area contributed by atoms with E-state index in [9.17, 15) is 9.90 Å². The molecule has 0 aromatic rings. The summed E-state index contributed by atoms with van der Waals surface area (Å²) in [7, 11) is 0. The van der Waals surface area contributed by atoms with Crippen molar-refractivity contribution in [3.05, 3.63) is 0 Å². The molecule has 1 aliphatic heterocycles. The van der Waals surface area contributed by atoms with Gasteiger partial charge in [-0.1, -0.05) is 26.7 Å². The van der Waals surface area contributed by atoms with Gasteiger partial charge in [0.15, 0.2) is 0 Å². The smallest absolute Gasteiger partial charge is 0.409 e. The highest BCUT2D eigenvalue weighted by Gasteiger charge is 2.29. The van der Waals surface area contributed by atoms with E-state index in [4.69, 9.17) is 4.74 Å². The van der Waals surface area contributed by atoms with Crippen molar-refractivity contribution in [3.63, 3.8) is 0 Å². The zero-order chi connectivity index (χ0) is 15.2. The van der Waals surface area contributed by atoms with Gasteiger partial charge >= 0.3 is 6.09 Å². The van der Waals surface area contributed by atoms with Crippen LogP contribution in [-0.2, 0) is 4.74 Å². The quantitative estimate of drug-likeness (QED) is 0.835. The van der Waals surface area contributed by atoms with Crippen LogP contribution in [0.3, 0.4) is 0 Å². The first kappa shape index (κ1) is 16.6. The Labute approximate surface area is 128 Å². The van der Waals surface area contributed by atoms with Crippen LogP contribution in [0.15, 0.2) is 0 Å². The maximum absolute atomic E-state index is 11.9. The van der Waals surface area contributed by atoms with Gasteiger partial charge in [0.2, 0.25) is 0 Å². The van der Waals surface area contributed by atoms with E-state index in [1.54, 1.807) is 4.90 Å². The molecule has 0 spiro atoms. The normalized spacial score (nSPS) is 27.9. The van der Waals surface area contributed by atoms with Gasteiger partial charge in [0.1, 0.15) is 0 Å². The molecular formula is C16H30N2O3. The molecule has 21 heavy (non-hydrogen) atoms. The van der Waals surface area contributed by atoms with Gasteiger partial charge < -0.3 is 20.1 Å². The molecule has 2 aliphatic rings. The lowest BCUT2D eigenvalue weighted by Crippen LogP contribution is -2.51. The molecule has 0 aromatic heterocycles. The standard InChI is InChI=1S/C16H30N2O3/c1-12(2)11-21-16(20)18-9-7-13(8-10-18)17-14-5-3-4-6-15(14)19/h12-15,17,19H,3-11H2,1-2H3/t14-,15+/m0/s1. The van der Waals surface area contributed by atoms with Crippen LogP contribution in [0.1, 0.15) is 52.4 Å². The summed E-state index contributed by atoms with van der Waals surface area (Å²) in [5.41, 5.74) is 0. The highest BCUT2D eigenvalue weighted by Crippen LogP contribution is 2.21. The zero-order valence-corrected chi connectivity index (χ0v) is 13.4. The molecule has 1 amide bonds. The first-order valence-corrected chi connectivity index (χ1v) is 8.42. The van der Waals surface area contributed by atoms with E-state index in [2.05, 4.69) is 5.32 Å². The molecular weight excluding hydrogens is 268 g/mol. The number of ether oxygens (including phenoxy) is 1. The fraction of sp³-hybridized carbons (Fsp3) is 0.938. The Morgan fingerprint density at radius 1 is 1.24 bits per heavy atom. The molecule has 1 saturated carbocycles. The summed E-state index contributed by atoms with van der Waals surface area (Å²) in [6.45, 7) is 6.07. The molecule has 1 heterocycles. The zero-order valence-electron chi connectivity index (χ0n) is 13.4. The number of hydrogen-bond donors (Lipinski definition) is 2. The molecule has 122 valence electrons. The fourth-order valence-corrected chi connectivity index (χ4v) is 3.17. The van der Waals surface area contributed by atoms with E-state index >= 15 is 0 Å². The highest BCUT2D eigenvalue weighted by molar-refractivity contribution is 5.67. The first-order chi connectivity index (χ1) is 10.1. The Balaban J connectivity index is 1.69. The second-order valence-electron chi connectivity index (χ2n) is 6.86. The number of nitrogens with one attached hydrogen (secondary N) is 1. The second kappa shape index (κ2) is 7.99. The summed E-state index contributed by atoms with van der Waals surface area (Å²) in [5, 5.41) is 13.6. The van der Waals surface area contributed by atoms with Gasteiger partial charge in [-0.3, -0.25) is 0 Å². The number of likely N-dealkylation sites (tertiary alicyclic amines) is 1. The SMILES string of the molecule is CC(C)COC(=O)N1CCC(N[C@H]2CCCC[C@H]2O)CC1. The van der Waals surface area contributed by atoms with Crippen molar-refractivity contribution in [3.8, 4) is 0 Å². The van der Waals surface area contributed by atoms with Crippen LogP contribution in [0.4, 0.5) is 4.79 Å². The minimum absolute atomic E-state index is 0.181. The number of amides is 1. The molecule has 1 saturated heterocycles. The first-order valence-electron chi connectivity index (χ1n) is 8.42. The van der Waals surface area contributed by atoms with Crippen LogP contribution in [0, 0.1) is 5.92 Å². The van der Waals surface area contributed by atoms with Crippen molar-refractivity contribution >= 4 is 6.09 Å². The highest BCUT2D eigenvalue weighted by atomic mass is 16.6. The Morgan fingerprint density at radius 2 is 1.90 bits per heavy atom. The number of rotatable bonds is 4. The minimum atomic E-state index is -0.201. The third kappa shape index (κ3) is 5.15.